The summed E-state index contributed by atoms with van der Waals surface area (Å²) in [6.45, 7) is 6.61. The summed E-state index contributed by atoms with van der Waals surface area (Å²) in [6, 6.07) is 0. The fraction of sp³-hybridized carbons (Fsp3) is 0.636. The van der Waals surface area contributed by atoms with Gasteiger partial charge in [0.2, 0.25) is 0 Å². The van der Waals surface area contributed by atoms with Gasteiger partial charge in [0.1, 0.15) is 5.82 Å². The summed E-state index contributed by atoms with van der Waals surface area (Å²) in [5, 5.41) is 0. The van der Waals surface area contributed by atoms with Gasteiger partial charge in [-0.3, -0.25) is 4.79 Å². The molecule has 0 aromatic carbocycles. The van der Waals surface area contributed by atoms with E-state index in [9.17, 15) is 4.79 Å². The lowest BCUT2D eigenvalue weighted by Gasteiger charge is -2.13. The van der Waals surface area contributed by atoms with Gasteiger partial charge in [0.25, 0.3) is 5.56 Å². The molecule has 5 heteroatoms. The van der Waals surface area contributed by atoms with E-state index in [1.807, 2.05) is 43.4 Å². The number of hydrogen-bond donors (Lipinski definition) is 1. The predicted molar refractivity (Wildman–Crippen MR) is 72.0 cm³/mol. The van der Waals surface area contributed by atoms with E-state index >= 15 is 0 Å². The second-order valence-electron chi connectivity index (χ2n) is 4.16. The maximum absolute atomic E-state index is 11.7. The molecule has 0 radical (unpaired) electrons. The molecule has 4 nitrogen and oxygen atoms in total. The summed E-state index contributed by atoms with van der Waals surface area (Å²) in [5.74, 6) is 1.06. The number of aromatic nitrogens is 2. The summed E-state index contributed by atoms with van der Waals surface area (Å²) >= 11 is 2.04. The van der Waals surface area contributed by atoms with Crippen LogP contribution in [-0.4, -0.2) is 23.7 Å². The molecule has 1 N–H and O–H groups in total. The van der Waals surface area contributed by atoms with E-state index in [1.165, 1.54) is 0 Å². The summed E-state index contributed by atoms with van der Waals surface area (Å²) in [4.78, 5) is 19.0. The van der Waals surface area contributed by atoms with Gasteiger partial charge in [-0.1, -0.05) is 20.8 Å². The molecular weight excluding hydrogens is 319 g/mol. The van der Waals surface area contributed by atoms with E-state index in [1.54, 1.807) is 7.11 Å². The number of nitrogens with zero attached hydrogens (tertiary/aromatic N) is 1. The molecule has 1 unspecified atom stereocenters. The highest BCUT2D eigenvalue weighted by Crippen LogP contribution is 2.18. The molecule has 0 amide bonds. The Labute approximate surface area is 109 Å². The van der Waals surface area contributed by atoms with E-state index in [2.05, 4.69) is 9.97 Å². The SMILES string of the molecule is COCC(C)c1nc(C(C)C)c(I)c(=O)[nH]1. The molecule has 1 atom stereocenters. The number of hydrogen-bond acceptors (Lipinski definition) is 3. The van der Waals surface area contributed by atoms with Crippen molar-refractivity contribution in [3.05, 3.63) is 25.4 Å². The van der Waals surface area contributed by atoms with E-state index in [-0.39, 0.29) is 17.4 Å². The topological polar surface area (TPSA) is 55.0 Å². The first-order chi connectivity index (χ1) is 7.47. The summed E-state index contributed by atoms with van der Waals surface area (Å²) in [7, 11) is 1.64. The summed E-state index contributed by atoms with van der Waals surface area (Å²) in [6.07, 6.45) is 0. The number of ether oxygens (including phenoxy) is 1. The van der Waals surface area contributed by atoms with Crippen LogP contribution in [0.15, 0.2) is 4.79 Å². The first-order valence-corrected chi connectivity index (χ1v) is 6.33. The van der Waals surface area contributed by atoms with Gasteiger partial charge in [0, 0.05) is 13.0 Å². The van der Waals surface area contributed by atoms with Gasteiger partial charge in [-0.2, -0.15) is 0 Å². The van der Waals surface area contributed by atoms with E-state index in [0.29, 0.717) is 16.0 Å². The third-order valence-electron chi connectivity index (χ3n) is 2.34. The lowest BCUT2D eigenvalue weighted by Crippen LogP contribution is -2.21. The molecule has 0 saturated heterocycles. The maximum atomic E-state index is 11.7. The number of methoxy groups -OCH3 is 1. The van der Waals surface area contributed by atoms with Gasteiger partial charge in [-0.15, -0.1) is 0 Å². The van der Waals surface area contributed by atoms with Crippen molar-refractivity contribution in [1.82, 2.24) is 9.97 Å². The molecule has 0 fully saturated rings. The highest BCUT2D eigenvalue weighted by Gasteiger charge is 2.15. The number of aromatic amines is 1. The van der Waals surface area contributed by atoms with Crippen LogP contribution in [0.2, 0.25) is 0 Å². The minimum absolute atomic E-state index is 0.0581. The van der Waals surface area contributed by atoms with Crippen molar-refractivity contribution < 1.29 is 4.74 Å². The molecule has 1 heterocycles. The zero-order valence-electron chi connectivity index (χ0n) is 10.0. The Morgan fingerprint density at radius 1 is 1.44 bits per heavy atom. The van der Waals surface area contributed by atoms with Crippen LogP contribution in [0.4, 0.5) is 0 Å². The third kappa shape index (κ3) is 3.04. The average molecular weight is 336 g/mol. The Hall–Kier alpha value is -0.430. The quantitative estimate of drug-likeness (QED) is 0.858. The number of nitrogens with one attached hydrogen (secondary N) is 1. The zero-order valence-corrected chi connectivity index (χ0v) is 12.2. The molecule has 0 saturated carbocycles. The molecule has 90 valence electrons. The first-order valence-electron chi connectivity index (χ1n) is 5.25. The van der Waals surface area contributed by atoms with E-state index in [4.69, 9.17) is 4.74 Å². The Bertz CT molecular complexity index is 415. The van der Waals surface area contributed by atoms with Gasteiger partial charge in [0.15, 0.2) is 0 Å². The molecule has 1 aromatic rings. The van der Waals surface area contributed by atoms with Gasteiger partial charge in [0.05, 0.1) is 15.9 Å². The number of H-pyrrole nitrogens is 1. The second-order valence-corrected chi connectivity index (χ2v) is 5.24. The normalized spacial score (nSPS) is 13.1. The van der Waals surface area contributed by atoms with Crippen molar-refractivity contribution in [3.63, 3.8) is 0 Å². The number of rotatable bonds is 4. The summed E-state index contributed by atoms with van der Waals surface area (Å²) in [5.41, 5.74) is 0.805. The second kappa shape index (κ2) is 5.77. The number of halogens is 1. The van der Waals surface area contributed by atoms with Crippen LogP contribution >= 0.6 is 22.6 Å². The minimum Gasteiger partial charge on any atom is -0.384 e. The Balaban J connectivity index is 3.18. The van der Waals surface area contributed by atoms with Crippen LogP contribution in [0.3, 0.4) is 0 Å². The highest BCUT2D eigenvalue weighted by atomic mass is 127. The smallest absolute Gasteiger partial charge is 0.264 e. The van der Waals surface area contributed by atoms with Crippen molar-refractivity contribution in [1.29, 1.82) is 0 Å². The molecule has 0 spiro atoms. The Morgan fingerprint density at radius 3 is 2.56 bits per heavy atom. The standard InChI is InChI=1S/C11H17IN2O2/c1-6(2)9-8(12)11(15)14-10(13-9)7(3)5-16-4/h6-7H,5H2,1-4H3,(H,13,14,15). The molecule has 16 heavy (non-hydrogen) atoms. The highest BCUT2D eigenvalue weighted by molar-refractivity contribution is 14.1. The van der Waals surface area contributed by atoms with Crippen molar-refractivity contribution in [2.24, 2.45) is 0 Å². The van der Waals surface area contributed by atoms with E-state index in [0.717, 1.165) is 5.69 Å². The fourth-order valence-corrected chi connectivity index (χ4v) is 2.32. The van der Waals surface area contributed by atoms with Crippen molar-refractivity contribution in [3.8, 4) is 0 Å². The van der Waals surface area contributed by atoms with Gasteiger partial charge < -0.3 is 9.72 Å². The van der Waals surface area contributed by atoms with Crippen LogP contribution < -0.4 is 5.56 Å². The fourth-order valence-electron chi connectivity index (χ4n) is 1.44. The summed E-state index contributed by atoms with van der Waals surface area (Å²) < 4.78 is 5.75. The maximum Gasteiger partial charge on any atom is 0.264 e. The Morgan fingerprint density at radius 2 is 2.06 bits per heavy atom. The average Bonchev–Trinajstić information content (AvgIpc) is 2.21. The van der Waals surface area contributed by atoms with Crippen LogP contribution in [-0.2, 0) is 4.74 Å². The van der Waals surface area contributed by atoms with Crippen LogP contribution in [0, 0.1) is 3.57 Å². The Kier molecular flexibility index (Phi) is 4.91. The lowest BCUT2D eigenvalue weighted by atomic mass is 10.1. The molecule has 0 aliphatic carbocycles. The van der Waals surface area contributed by atoms with Gasteiger partial charge in [-0.05, 0) is 28.5 Å². The molecule has 0 bridgehead atoms. The van der Waals surface area contributed by atoms with Crippen LogP contribution in [0.5, 0.6) is 0 Å². The molecule has 0 aliphatic rings. The van der Waals surface area contributed by atoms with E-state index < -0.39 is 0 Å². The first kappa shape index (κ1) is 13.6. The third-order valence-corrected chi connectivity index (χ3v) is 3.38. The molecule has 1 rings (SSSR count). The van der Waals surface area contributed by atoms with Crippen molar-refractivity contribution >= 4 is 22.6 Å². The van der Waals surface area contributed by atoms with Gasteiger partial charge >= 0.3 is 0 Å². The predicted octanol–water partition coefficient (Wildman–Crippen LogP) is 2.25. The monoisotopic (exact) mass is 336 g/mol. The van der Waals surface area contributed by atoms with Gasteiger partial charge in [-0.25, -0.2) is 4.98 Å². The lowest BCUT2D eigenvalue weighted by molar-refractivity contribution is 0.181. The molecular formula is C11H17IN2O2. The molecule has 1 aromatic heterocycles. The largest absolute Gasteiger partial charge is 0.384 e. The molecule has 0 aliphatic heterocycles. The van der Waals surface area contributed by atoms with Crippen molar-refractivity contribution in [2.75, 3.05) is 13.7 Å². The van der Waals surface area contributed by atoms with Crippen LogP contribution in [0.1, 0.15) is 44.1 Å². The minimum atomic E-state index is -0.0581. The van der Waals surface area contributed by atoms with Crippen molar-refractivity contribution in [2.45, 2.75) is 32.6 Å². The van der Waals surface area contributed by atoms with Crippen LogP contribution in [0.25, 0.3) is 0 Å². The zero-order chi connectivity index (χ0) is 12.3.